The first kappa shape index (κ1) is 89.0. The molecule has 14 aromatic rings. The van der Waals surface area contributed by atoms with Crippen molar-refractivity contribution in [1.82, 2.24) is 108 Å². The van der Waals surface area contributed by atoms with E-state index in [9.17, 15) is 119 Å². The first-order valence-corrected chi connectivity index (χ1v) is 39.9. The van der Waals surface area contributed by atoms with Crippen LogP contribution in [-0.2, 0) is 41.7 Å². The zero-order chi connectivity index (χ0) is 94.4. The molecule has 10 aromatic heterocycles. The van der Waals surface area contributed by atoms with Crippen LogP contribution in [0.25, 0.3) is 46.5 Å². The maximum absolute atomic E-state index is 12.0. The largest absolute Gasteiger partial charge is 0.479 e. The summed E-state index contributed by atoms with van der Waals surface area (Å²) in [5.74, 6) is -10.2. The minimum absolute atomic E-state index is 0.0410. The van der Waals surface area contributed by atoms with Gasteiger partial charge in [-0.3, -0.25) is 18.2 Å². The highest BCUT2D eigenvalue weighted by atomic mass is 32.2. The third-order valence-electron chi connectivity index (χ3n) is 17.2. The van der Waals surface area contributed by atoms with E-state index in [1.807, 2.05) is 18.2 Å². The number of rotatable bonds is 25. The molecule has 60 nitrogen and oxygen atoms in total. The molecule has 0 saturated heterocycles. The fourth-order valence-corrected chi connectivity index (χ4v) is 13.4. The van der Waals surface area contributed by atoms with Gasteiger partial charge in [0, 0.05) is 12.1 Å². The van der Waals surface area contributed by atoms with Crippen molar-refractivity contribution in [3.8, 4) is 88.6 Å². The van der Waals surface area contributed by atoms with Gasteiger partial charge in [0.1, 0.15) is 52.3 Å². The Hall–Kier alpha value is -18.7. The van der Waals surface area contributed by atoms with Crippen molar-refractivity contribution in [1.29, 1.82) is 21.0 Å². The Morgan fingerprint density at radius 1 is 0.369 bits per heavy atom. The molecule has 0 amide bonds. The summed E-state index contributed by atoms with van der Waals surface area (Å²) >= 11 is -2.92. The Kier molecular flexibility index (Phi) is 23.6. The molecule has 0 bridgehead atoms. The van der Waals surface area contributed by atoms with Crippen molar-refractivity contribution < 1.29 is 102 Å². The number of nitrogens with two attached hydrogens (primary N) is 4. The number of carboxylic acids is 4. The van der Waals surface area contributed by atoms with Crippen LogP contribution >= 0.6 is 0 Å². The van der Waals surface area contributed by atoms with E-state index in [4.69, 9.17) is 22.9 Å². The van der Waals surface area contributed by atoms with Crippen LogP contribution in [0.3, 0.4) is 0 Å². The van der Waals surface area contributed by atoms with Gasteiger partial charge in [-0.05, 0) is 88.4 Å². The van der Waals surface area contributed by atoms with Crippen LogP contribution < -0.4 is 27.1 Å². The van der Waals surface area contributed by atoms with Crippen LogP contribution in [-0.4, -0.2) is 210 Å². The molecule has 0 saturated carbocycles. The normalized spacial score (nSPS) is 12.0. The predicted octanol–water partition coefficient (Wildman–Crippen LogP) is 5.40. The summed E-state index contributed by atoms with van der Waals surface area (Å²) in [7, 11) is -15.0. The van der Waals surface area contributed by atoms with E-state index in [0.29, 0.717) is 6.07 Å². The van der Waals surface area contributed by atoms with E-state index in [1.165, 1.54) is 27.7 Å². The number of aromatic nitrogens is 22. The number of aromatic hydroxyl groups is 2. The molecule has 0 aliphatic rings. The van der Waals surface area contributed by atoms with Gasteiger partial charge in [0.15, 0.2) is 69.3 Å². The molecule has 0 aliphatic heterocycles. The Bertz CT molecular complexity index is 7580. The number of nitrogen functional groups attached to an aromatic ring is 4. The van der Waals surface area contributed by atoms with Gasteiger partial charge in [0.25, 0.3) is 54.1 Å². The summed E-state index contributed by atoms with van der Waals surface area (Å²) in [6.07, 6.45) is 4.21. The molecular formula is C66H46N38O22S4. The van der Waals surface area contributed by atoms with Crippen molar-refractivity contribution in [3.05, 3.63) is 165 Å². The molecule has 1 unspecified atom stereocenters. The average Bonchev–Trinajstić information content (AvgIpc) is 1.62. The van der Waals surface area contributed by atoms with E-state index in [-0.39, 0.29) is 160 Å². The highest BCUT2D eigenvalue weighted by Gasteiger charge is 2.30. The lowest BCUT2D eigenvalue weighted by Crippen LogP contribution is -2.13. The molecule has 10 heterocycles. The molecule has 14 rings (SSSR count). The van der Waals surface area contributed by atoms with Crippen LogP contribution in [0.1, 0.15) is 86.5 Å². The number of benzene rings is 4. The Labute approximate surface area is 721 Å². The lowest BCUT2D eigenvalue weighted by molar-refractivity contribution is 0.0676. The van der Waals surface area contributed by atoms with Gasteiger partial charge in [0.2, 0.25) is 0 Å². The summed E-state index contributed by atoms with van der Waals surface area (Å²) < 4.78 is 133. The lowest BCUT2D eigenvalue weighted by atomic mass is 10.1. The average molecular weight is 1850 g/mol. The van der Waals surface area contributed by atoms with Crippen molar-refractivity contribution in [2.24, 2.45) is 40.9 Å². The topological polar surface area (TPSA) is 917 Å². The van der Waals surface area contributed by atoms with E-state index >= 15 is 0 Å². The molecule has 0 radical (unpaired) electrons. The third kappa shape index (κ3) is 17.9. The lowest BCUT2D eigenvalue weighted by Gasteiger charge is -2.09. The van der Waals surface area contributed by atoms with E-state index in [1.54, 1.807) is 6.07 Å². The first-order valence-electron chi connectivity index (χ1n) is 34.5. The molecule has 656 valence electrons. The van der Waals surface area contributed by atoms with Crippen LogP contribution in [0.15, 0.2) is 153 Å². The van der Waals surface area contributed by atoms with Gasteiger partial charge >= 0.3 is 47.3 Å². The van der Waals surface area contributed by atoms with E-state index < -0.39 is 121 Å². The predicted molar refractivity (Wildman–Crippen MR) is 427 cm³/mol. The van der Waals surface area contributed by atoms with Gasteiger partial charge in [-0.1, -0.05) is 0 Å². The first-order chi connectivity index (χ1) is 61.4. The van der Waals surface area contributed by atoms with Crippen molar-refractivity contribution in [2.75, 3.05) is 22.9 Å². The summed E-state index contributed by atoms with van der Waals surface area (Å²) in [4.78, 5) is 68.2. The second kappa shape index (κ2) is 34.5. The second-order valence-electron chi connectivity index (χ2n) is 25.6. The fraction of sp³-hybridized carbons (Fsp3) is 0.0606. The Balaban J connectivity index is 0.000000222. The van der Waals surface area contributed by atoms with Crippen LogP contribution in [0.2, 0.25) is 0 Å². The zero-order valence-electron chi connectivity index (χ0n) is 64.8. The minimum atomic E-state index is -5.04. The van der Waals surface area contributed by atoms with Gasteiger partial charge < -0.3 is 57.8 Å². The quantitative estimate of drug-likeness (QED) is 0.0193. The van der Waals surface area contributed by atoms with Crippen molar-refractivity contribution in [3.63, 3.8) is 0 Å². The van der Waals surface area contributed by atoms with Crippen molar-refractivity contribution >= 4 is 135 Å². The molecule has 64 heteroatoms. The number of nitrogens with zero attached hydrogens (tertiary/aromatic N) is 34. The van der Waals surface area contributed by atoms with E-state index in [2.05, 4.69) is 116 Å². The molecule has 0 spiro atoms. The van der Waals surface area contributed by atoms with Crippen LogP contribution in [0.5, 0.6) is 17.8 Å². The second-order valence-corrected chi connectivity index (χ2v) is 30.5. The van der Waals surface area contributed by atoms with Gasteiger partial charge in [-0.2, -0.15) is 140 Å². The Morgan fingerprint density at radius 3 is 0.838 bits per heavy atom. The molecule has 18 N–H and O–H groups in total. The maximum Gasteiger partial charge on any atom is 0.357 e. The molecular weight excluding hydrogens is 1810 g/mol. The number of aromatic carboxylic acids is 4. The van der Waals surface area contributed by atoms with Gasteiger partial charge in [0.05, 0.1) is 107 Å². The number of azo groups is 4. The molecule has 0 fully saturated rings. The van der Waals surface area contributed by atoms with Crippen LogP contribution in [0.4, 0.5) is 69.3 Å². The zero-order valence-corrected chi connectivity index (χ0v) is 68.0. The number of carbonyl (C=O) groups is 4. The number of hydrogen-bond donors (Lipinski definition) is 14. The van der Waals surface area contributed by atoms with Gasteiger partial charge in [-0.25, -0.2) is 37.9 Å². The monoisotopic (exact) mass is 1850 g/mol. The highest BCUT2D eigenvalue weighted by molar-refractivity contribution is 7.86. The Morgan fingerprint density at radius 2 is 0.608 bits per heavy atom. The molecule has 0 aliphatic carbocycles. The standard InChI is InChI=1S/C35H23N19O9.C31H23N19O13S4/c1-13-23(45-47-27-19(9-36)11-40-51(27)21-5-15(29(55)56)3-16(6-21)30(57)58)25(38)53(49-13)33-42-34(44-35(63)43-33)54-26(39)24(14(2)50-54)46-48-28-20(10-37)12-41-52(28)22-7-17(31(59)60)4-18(8-22)32(61)62;1-13-23(41-43-27-15(9-32)11-36-47(27)17-3-19(63-64(52)53)7-20(4-17)65(54,55)56)25(34)49(45-13)29-38-30(40-31(51)39-29)50-26(35)24(14(2)46-50)42-44-28-16(10-33)12-37-48(28)18-5-21(66(57,58)59)8-22(6-18)67(60,61)62/h3-8,11-12H,38-39H2,1-2H3,(H,55,56)(H,57,58)(H,59,60)(H,61,62)(H,42,43,44,63);3-8,11-12H,34-35H2,1-2H3,(H,52,53)(H,54,55,56)(H,57,58,59)(H,60,61,62)(H,38,39,40,51). The van der Waals surface area contributed by atoms with Crippen molar-refractivity contribution in [2.45, 2.75) is 42.4 Å². The molecule has 130 heavy (non-hydrogen) atoms. The smallest absolute Gasteiger partial charge is 0.357 e. The maximum atomic E-state index is 12.0. The number of carboxylic acid groups (broad SMARTS) is 4. The van der Waals surface area contributed by atoms with Crippen LogP contribution in [0, 0.1) is 73.0 Å². The summed E-state index contributed by atoms with van der Waals surface area (Å²) in [5, 5.41) is 164. The number of nitriles is 4. The number of hydrogen-bond acceptors (Lipinski definition) is 44. The SMILES string of the molecule is Cc1nn(-c2nc(O)nc(-n3nc(C)c(N=Nc4c(C#N)cnn4-c4cc(C(=O)O)cc(C(=O)O)c4)c3N)n2)c(N)c1N=Nc1c(C#N)cnn1-c1cc(C(=O)O)cc(C(=O)O)c1.Cc1nn(-c2nc(O)nc(-n3nc(C)c(N=Nc4c(C#N)cnn4-c4cc(S(=O)(=O)O)cc(S(=O)(=O)O)c4)c3N)n2)c(N)c1N=Nc1c(C#N)cnn1-c1cc(OS(=O)O)cc(S(=O)(=O)O)c1. The molecule has 1 atom stereocenters. The van der Waals surface area contributed by atoms with Gasteiger partial charge in [-0.15, -0.1) is 40.9 Å². The molecule has 4 aromatic carbocycles. The summed E-state index contributed by atoms with van der Waals surface area (Å²) in [5.41, 5.74) is 22.3. The summed E-state index contributed by atoms with van der Waals surface area (Å²) in [6, 6.07) is 16.7. The number of anilines is 4. The summed E-state index contributed by atoms with van der Waals surface area (Å²) in [6.45, 7) is 5.79. The van der Waals surface area contributed by atoms with E-state index in [0.717, 1.165) is 129 Å². The fourth-order valence-electron chi connectivity index (χ4n) is 11.4. The minimum Gasteiger partial charge on any atom is -0.479 e. The highest BCUT2D eigenvalue weighted by Crippen LogP contribution is 2.40. The third-order valence-corrected chi connectivity index (χ3v) is 20.1. The number of aryl methyl sites for hydroxylation is 4.